The van der Waals surface area contributed by atoms with Gasteiger partial charge in [0.05, 0.1) is 33.3 Å². The number of fused-ring (bicyclic) bond motifs is 2. The fourth-order valence-corrected chi connectivity index (χ4v) is 4.34. The topological polar surface area (TPSA) is 61.7 Å². The van der Waals surface area contributed by atoms with Crippen LogP contribution < -0.4 is 14.8 Å². The summed E-state index contributed by atoms with van der Waals surface area (Å²) in [6, 6.07) is 12.2. The van der Waals surface area contributed by atoms with Crippen molar-refractivity contribution in [1.29, 1.82) is 0 Å². The molecule has 6 heteroatoms. The van der Waals surface area contributed by atoms with Crippen LogP contribution in [0.3, 0.4) is 0 Å². The summed E-state index contributed by atoms with van der Waals surface area (Å²) in [6.07, 6.45) is 4.21. The minimum absolute atomic E-state index is 0.00542. The molecular formula is C24H28N2O4. The van der Waals surface area contributed by atoms with Crippen LogP contribution in [0, 0.1) is 0 Å². The number of ether oxygens (including phenoxy) is 3. The molecule has 0 aliphatic heterocycles. The quantitative estimate of drug-likeness (QED) is 0.618. The van der Waals surface area contributed by atoms with E-state index in [1.807, 2.05) is 24.3 Å². The highest BCUT2D eigenvalue weighted by atomic mass is 16.5. The Kier molecular flexibility index (Phi) is 5.95. The maximum absolute atomic E-state index is 12.9. The molecule has 1 aliphatic rings. The lowest BCUT2D eigenvalue weighted by molar-refractivity contribution is -0.121. The van der Waals surface area contributed by atoms with E-state index >= 15 is 0 Å². The third kappa shape index (κ3) is 3.87. The molecule has 3 aromatic rings. The second-order valence-electron chi connectivity index (χ2n) is 7.60. The van der Waals surface area contributed by atoms with Gasteiger partial charge < -0.3 is 24.1 Å². The van der Waals surface area contributed by atoms with Gasteiger partial charge in [0.25, 0.3) is 0 Å². The maximum Gasteiger partial charge on any atom is 0.224 e. The average molecular weight is 408 g/mol. The van der Waals surface area contributed by atoms with Gasteiger partial charge in [-0.15, -0.1) is 0 Å². The first-order valence-corrected chi connectivity index (χ1v) is 10.2. The highest BCUT2D eigenvalue weighted by molar-refractivity contribution is 5.89. The van der Waals surface area contributed by atoms with Gasteiger partial charge in [-0.2, -0.15) is 0 Å². The molecule has 1 amide bonds. The molecule has 1 atom stereocenters. The molecule has 0 saturated carbocycles. The van der Waals surface area contributed by atoms with E-state index in [9.17, 15) is 4.79 Å². The van der Waals surface area contributed by atoms with Crippen molar-refractivity contribution in [3.05, 3.63) is 59.3 Å². The first-order valence-electron chi connectivity index (χ1n) is 10.2. The van der Waals surface area contributed by atoms with Crippen molar-refractivity contribution in [2.45, 2.75) is 31.8 Å². The van der Waals surface area contributed by atoms with Crippen LogP contribution in [0.2, 0.25) is 0 Å². The lowest BCUT2D eigenvalue weighted by Crippen LogP contribution is -2.28. The minimum Gasteiger partial charge on any atom is -0.493 e. The van der Waals surface area contributed by atoms with Gasteiger partial charge in [-0.25, -0.2) is 0 Å². The van der Waals surface area contributed by atoms with Crippen LogP contribution in [-0.4, -0.2) is 38.4 Å². The predicted molar refractivity (Wildman–Crippen MR) is 116 cm³/mol. The molecule has 0 saturated heterocycles. The number of rotatable bonds is 8. The van der Waals surface area contributed by atoms with Gasteiger partial charge in [0.1, 0.15) is 0 Å². The Hall–Kier alpha value is -2.99. The lowest BCUT2D eigenvalue weighted by atomic mass is 10.1. The van der Waals surface area contributed by atoms with Gasteiger partial charge in [-0.1, -0.05) is 18.2 Å². The molecule has 0 spiro atoms. The summed E-state index contributed by atoms with van der Waals surface area (Å²) in [4.78, 5) is 12.9. The summed E-state index contributed by atoms with van der Waals surface area (Å²) >= 11 is 0. The largest absolute Gasteiger partial charge is 0.493 e. The zero-order chi connectivity index (χ0) is 21.1. The predicted octanol–water partition coefficient (Wildman–Crippen LogP) is 3.65. The smallest absolute Gasteiger partial charge is 0.224 e. The Balaban J connectivity index is 1.52. The molecule has 158 valence electrons. The zero-order valence-electron chi connectivity index (χ0n) is 17.7. The summed E-state index contributed by atoms with van der Waals surface area (Å²) < 4.78 is 18.2. The monoisotopic (exact) mass is 408 g/mol. The number of aryl methyl sites for hydroxylation is 1. The number of hydrogen-bond donors (Lipinski definition) is 1. The number of aromatic nitrogens is 1. The molecule has 1 aromatic heterocycles. The van der Waals surface area contributed by atoms with Crippen LogP contribution in [0.4, 0.5) is 0 Å². The van der Waals surface area contributed by atoms with E-state index in [2.05, 4.69) is 28.2 Å². The zero-order valence-corrected chi connectivity index (χ0v) is 17.7. The van der Waals surface area contributed by atoms with E-state index in [4.69, 9.17) is 14.2 Å². The van der Waals surface area contributed by atoms with Crippen LogP contribution in [0.1, 0.15) is 29.2 Å². The van der Waals surface area contributed by atoms with Crippen LogP contribution in [0.15, 0.2) is 42.6 Å². The van der Waals surface area contributed by atoms with Crippen molar-refractivity contribution >= 4 is 16.8 Å². The van der Waals surface area contributed by atoms with Crippen molar-refractivity contribution in [3.63, 3.8) is 0 Å². The van der Waals surface area contributed by atoms with Gasteiger partial charge in [0.2, 0.25) is 5.91 Å². The van der Waals surface area contributed by atoms with Crippen LogP contribution >= 0.6 is 0 Å². The standard InChI is InChI=1S/C24H28N2O4/c1-28-11-10-26-15-17(18-6-4-5-7-21(18)26)13-24(27)25-20-9-8-16-12-22(29-2)23(30-3)14-19(16)20/h4-7,12,14-15,20H,8-11,13H2,1-3H3,(H,25,27). The lowest BCUT2D eigenvalue weighted by Gasteiger charge is -2.16. The van der Waals surface area contributed by atoms with E-state index in [0.717, 1.165) is 47.2 Å². The molecule has 1 aliphatic carbocycles. The molecule has 6 nitrogen and oxygen atoms in total. The van der Waals surface area contributed by atoms with Crippen LogP contribution in [-0.2, 0) is 28.9 Å². The van der Waals surface area contributed by atoms with E-state index in [1.165, 1.54) is 5.56 Å². The van der Waals surface area contributed by atoms with Crippen LogP contribution in [0.25, 0.3) is 10.9 Å². The van der Waals surface area contributed by atoms with E-state index in [0.29, 0.717) is 18.8 Å². The maximum atomic E-state index is 12.9. The molecule has 1 N–H and O–H groups in total. The number of para-hydroxylation sites is 1. The summed E-state index contributed by atoms with van der Waals surface area (Å²) in [5.74, 6) is 1.45. The highest BCUT2D eigenvalue weighted by Gasteiger charge is 2.26. The Bertz CT molecular complexity index is 1060. The van der Waals surface area contributed by atoms with Crippen molar-refractivity contribution in [2.24, 2.45) is 0 Å². The van der Waals surface area contributed by atoms with E-state index in [-0.39, 0.29) is 11.9 Å². The molecule has 0 bridgehead atoms. The van der Waals surface area contributed by atoms with Crippen molar-refractivity contribution < 1.29 is 19.0 Å². The number of methoxy groups -OCH3 is 3. The van der Waals surface area contributed by atoms with Gasteiger partial charge in [-0.3, -0.25) is 4.79 Å². The second kappa shape index (κ2) is 8.79. The fraction of sp³-hybridized carbons (Fsp3) is 0.375. The molecule has 1 unspecified atom stereocenters. The highest BCUT2D eigenvalue weighted by Crippen LogP contribution is 2.39. The van der Waals surface area contributed by atoms with Gasteiger partial charge >= 0.3 is 0 Å². The normalized spacial score (nSPS) is 15.2. The molecule has 1 heterocycles. The summed E-state index contributed by atoms with van der Waals surface area (Å²) in [7, 11) is 4.97. The summed E-state index contributed by atoms with van der Waals surface area (Å²) in [5, 5.41) is 4.33. The molecule has 0 fully saturated rings. The number of nitrogens with zero attached hydrogens (tertiary/aromatic N) is 1. The average Bonchev–Trinajstić information content (AvgIpc) is 3.32. The number of carbonyl (C=O) groups is 1. The fourth-order valence-electron chi connectivity index (χ4n) is 4.34. The number of carbonyl (C=O) groups excluding carboxylic acids is 1. The second-order valence-corrected chi connectivity index (χ2v) is 7.60. The molecule has 2 aromatic carbocycles. The van der Waals surface area contributed by atoms with Gasteiger partial charge in [0, 0.05) is 30.8 Å². The Morgan fingerprint density at radius 3 is 2.67 bits per heavy atom. The third-order valence-electron chi connectivity index (χ3n) is 5.82. The summed E-state index contributed by atoms with van der Waals surface area (Å²) in [6.45, 7) is 1.39. The van der Waals surface area contributed by atoms with Crippen molar-refractivity contribution in [2.75, 3.05) is 27.9 Å². The third-order valence-corrected chi connectivity index (χ3v) is 5.82. The number of hydrogen-bond acceptors (Lipinski definition) is 4. The van der Waals surface area contributed by atoms with Crippen LogP contribution in [0.5, 0.6) is 11.5 Å². The SMILES string of the molecule is COCCn1cc(CC(=O)NC2CCc3cc(OC)c(OC)cc32)c2ccccc21. The molecule has 30 heavy (non-hydrogen) atoms. The summed E-state index contributed by atoms with van der Waals surface area (Å²) in [5.41, 5.74) is 4.47. The Labute approximate surface area is 176 Å². The van der Waals surface area contributed by atoms with E-state index in [1.54, 1.807) is 21.3 Å². The van der Waals surface area contributed by atoms with Crippen molar-refractivity contribution in [3.8, 4) is 11.5 Å². The molecule has 0 radical (unpaired) electrons. The Morgan fingerprint density at radius 1 is 1.13 bits per heavy atom. The Morgan fingerprint density at radius 2 is 1.90 bits per heavy atom. The van der Waals surface area contributed by atoms with E-state index < -0.39 is 0 Å². The number of nitrogens with one attached hydrogen (secondary N) is 1. The number of amides is 1. The number of benzene rings is 2. The first kappa shape index (κ1) is 20.3. The van der Waals surface area contributed by atoms with Gasteiger partial charge in [-0.05, 0) is 47.7 Å². The molecular weight excluding hydrogens is 380 g/mol. The van der Waals surface area contributed by atoms with Crippen molar-refractivity contribution in [1.82, 2.24) is 9.88 Å². The van der Waals surface area contributed by atoms with Gasteiger partial charge in [0.15, 0.2) is 11.5 Å². The first-order chi connectivity index (χ1) is 14.6. The molecule has 4 rings (SSSR count). The minimum atomic E-state index is -0.00542.